The predicted molar refractivity (Wildman–Crippen MR) is 62.6 cm³/mol. The first kappa shape index (κ1) is 14.4. The minimum absolute atomic E-state index is 0.0738. The van der Waals surface area contributed by atoms with Gasteiger partial charge in [0.25, 0.3) is 0 Å². The molecule has 16 heavy (non-hydrogen) atoms. The first-order valence-electron chi connectivity index (χ1n) is 5.12. The third-order valence-corrected chi connectivity index (χ3v) is 2.29. The van der Waals surface area contributed by atoms with Crippen LogP contribution < -0.4 is 5.32 Å². The Kier molecular flexibility index (Phi) is 6.15. The van der Waals surface area contributed by atoms with Gasteiger partial charge in [-0.05, 0) is 31.9 Å². The number of rotatable bonds is 5. The van der Waals surface area contributed by atoms with Gasteiger partial charge in [0.1, 0.15) is 5.83 Å². The van der Waals surface area contributed by atoms with Crippen molar-refractivity contribution in [2.24, 2.45) is 0 Å². The van der Waals surface area contributed by atoms with Crippen molar-refractivity contribution in [1.29, 1.82) is 0 Å². The molecular formula is C12H18FNO2. The lowest BCUT2D eigenvalue weighted by atomic mass is 10.1. The van der Waals surface area contributed by atoms with Crippen LogP contribution in [0.25, 0.3) is 0 Å². The van der Waals surface area contributed by atoms with Crippen LogP contribution in [0.1, 0.15) is 27.2 Å². The van der Waals surface area contributed by atoms with E-state index in [-0.39, 0.29) is 5.57 Å². The number of halogens is 1. The maximum Gasteiger partial charge on any atom is 0.337 e. The Morgan fingerprint density at radius 1 is 1.50 bits per heavy atom. The van der Waals surface area contributed by atoms with Gasteiger partial charge in [0.2, 0.25) is 0 Å². The number of hydrogen-bond donors (Lipinski definition) is 2. The van der Waals surface area contributed by atoms with E-state index in [2.05, 4.69) is 5.32 Å². The first-order chi connectivity index (χ1) is 7.47. The summed E-state index contributed by atoms with van der Waals surface area (Å²) in [4.78, 5) is 11.0. The van der Waals surface area contributed by atoms with E-state index in [9.17, 15) is 9.18 Å². The summed E-state index contributed by atoms with van der Waals surface area (Å²) < 4.78 is 13.5. The molecule has 0 radical (unpaired) electrons. The molecule has 0 bridgehead atoms. The molecule has 0 aliphatic carbocycles. The molecule has 0 spiro atoms. The zero-order valence-electron chi connectivity index (χ0n) is 10.1. The van der Waals surface area contributed by atoms with E-state index in [4.69, 9.17) is 5.11 Å². The van der Waals surface area contributed by atoms with E-state index >= 15 is 0 Å². The Bertz CT molecular complexity index is 354. The van der Waals surface area contributed by atoms with E-state index in [0.29, 0.717) is 17.7 Å². The van der Waals surface area contributed by atoms with Gasteiger partial charge in [0, 0.05) is 12.7 Å². The zero-order valence-corrected chi connectivity index (χ0v) is 10.1. The van der Waals surface area contributed by atoms with Gasteiger partial charge in [0.05, 0.1) is 5.57 Å². The molecule has 0 unspecified atom stereocenters. The SMILES string of the molecule is C\C=C(NC)/C(=C\C(F)=C(/C)CC)C(=O)O. The van der Waals surface area contributed by atoms with E-state index in [1.807, 2.05) is 6.92 Å². The van der Waals surface area contributed by atoms with Crippen LogP contribution in [-0.4, -0.2) is 18.1 Å². The summed E-state index contributed by atoms with van der Waals surface area (Å²) in [5.74, 6) is -1.64. The fourth-order valence-electron chi connectivity index (χ4n) is 1.11. The summed E-state index contributed by atoms with van der Waals surface area (Å²) in [5, 5.41) is 11.7. The second-order valence-electron chi connectivity index (χ2n) is 3.30. The van der Waals surface area contributed by atoms with Gasteiger partial charge < -0.3 is 10.4 Å². The highest BCUT2D eigenvalue weighted by Crippen LogP contribution is 2.16. The van der Waals surface area contributed by atoms with Crippen LogP contribution in [0.3, 0.4) is 0 Å². The number of nitrogens with one attached hydrogen (secondary N) is 1. The summed E-state index contributed by atoms with van der Waals surface area (Å²) in [5.41, 5.74) is 0.854. The number of hydrogen-bond acceptors (Lipinski definition) is 2. The standard InChI is InChI=1S/C12H18FNO2/c1-5-8(3)10(13)7-9(12(15)16)11(6-2)14-4/h6-7,14H,5H2,1-4H3,(H,15,16)/b9-7+,10-8-,11-6+. The van der Waals surface area contributed by atoms with E-state index < -0.39 is 11.8 Å². The molecule has 0 aliphatic heterocycles. The molecule has 0 amide bonds. The van der Waals surface area contributed by atoms with Crippen molar-refractivity contribution in [2.45, 2.75) is 27.2 Å². The third-order valence-electron chi connectivity index (χ3n) is 2.29. The topological polar surface area (TPSA) is 49.3 Å². The van der Waals surface area contributed by atoms with Crippen molar-refractivity contribution in [3.63, 3.8) is 0 Å². The highest BCUT2D eigenvalue weighted by molar-refractivity contribution is 5.92. The van der Waals surface area contributed by atoms with Gasteiger partial charge >= 0.3 is 5.97 Å². The summed E-state index contributed by atoms with van der Waals surface area (Å²) in [6, 6.07) is 0. The average Bonchev–Trinajstić information content (AvgIpc) is 2.27. The van der Waals surface area contributed by atoms with Gasteiger partial charge in [-0.1, -0.05) is 13.0 Å². The average molecular weight is 227 g/mol. The quantitative estimate of drug-likeness (QED) is 0.561. The summed E-state index contributed by atoms with van der Waals surface area (Å²) in [7, 11) is 1.60. The largest absolute Gasteiger partial charge is 0.478 e. The van der Waals surface area contributed by atoms with Crippen LogP contribution in [0, 0.1) is 0 Å². The van der Waals surface area contributed by atoms with E-state index in [0.717, 1.165) is 6.08 Å². The Balaban J connectivity index is 5.39. The lowest BCUT2D eigenvalue weighted by molar-refractivity contribution is -0.132. The van der Waals surface area contributed by atoms with E-state index in [1.54, 1.807) is 27.0 Å². The Labute approximate surface area is 95.4 Å². The summed E-state index contributed by atoms with van der Waals surface area (Å²) >= 11 is 0. The smallest absolute Gasteiger partial charge is 0.337 e. The Morgan fingerprint density at radius 3 is 2.38 bits per heavy atom. The van der Waals surface area contributed by atoms with Gasteiger partial charge in [0.15, 0.2) is 0 Å². The number of carboxylic acids is 1. The summed E-state index contributed by atoms with van der Waals surface area (Å²) in [6.45, 7) is 5.15. The van der Waals surface area contributed by atoms with Crippen LogP contribution in [0.15, 0.2) is 34.8 Å². The van der Waals surface area contributed by atoms with Crippen molar-refractivity contribution < 1.29 is 14.3 Å². The third kappa shape index (κ3) is 3.88. The maximum absolute atomic E-state index is 13.5. The van der Waals surface area contributed by atoms with Crippen molar-refractivity contribution in [3.8, 4) is 0 Å². The lowest BCUT2D eigenvalue weighted by Gasteiger charge is -2.07. The monoisotopic (exact) mass is 227 g/mol. The number of aliphatic carboxylic acids is 1. The van der Waals surface area contributed by atoms with Gasteiger partial charge in [-0.15, -0.1) is 0 Å². The Hall–Kier alpha value is -1.58. The minimum Gasteiger partial charge on any atom is -0.478 e. The van der Waals surface area contributed by atoms with Crippen LogP contribution in [0.4, 0.5) is 4.39 Å². The first-order valence-corrected chi connectivity index (χ1v) is 5.12. The summed E-state index contributed by atoms with van der Waals surface area (Å²) in [6.07, 6.45) is 3.20. The number of carbonyl (C=O) groups is 1. The van der Waals surface area contributed by atoms with Crippen LogP contribution in [0.2, 0.25) is 0 Å². The number of likely N-dealkylation sites (N-methyl/N-ethyl adjacent to an activating group) is 1. The van der Waals surface area contributed by atoms with Crippen molar-refractivity contribution in [1.82, 2.24) is 5.32 Å². The highest BCUT2D eigenvalue weighted by atomic mass is 19.1. The lowest BCUT2D eigenvalue weighted by Crippen LogP contribution is -2.14. The molecule has 4 heteroatoms. The fourth-order valence-corrected chi connectivity index (χ4v) is 1.11. The molecule has 0 aromatic carbocycles. The van der Waals surface area contributed by atoms with Crippen LogP contribution in [0.5, 0.6) is 0 Å². The molecule has 0 heterocycles. The Morgan fingerprint density at radius 2 is 2.06 bits per heavy atom. The highest BCUT2D eigenvalue weighted by Gasteiger charge is 2.12. The molecule has 0 aromatic rings. The molecule has 90 valence electrons. The maximum atomic E-state index is 13.5. The molecule has 0 aromatic heterocycles. The molecule has 0 atom stereocenters. The minimum atomic E-state index is -1.15. The second-order valence-corrected chi connectivity index (χ2v) is 3.30. The van der Waals surface area contributed by atoms with Crippen molar-refractivity contribution in [3.05, 3.63) is 34.8 Å². The molecule has 0 rings (SSSR count). The molecule has 3 nitrogen and oxygen atoms in total. The molecule has 0 fully saturated rings. The zero-order chi connectivity index (χ0) is 12.7. The van der Waals surface area contributed by atoms with Crippen molar-refractivity contribution >= 4 is 5.97 Å². The number of allylic oxidation sites excluding steroid dienone is 4. The van der Waals surface area contributed by atoms with Gasteiger partial charge in [-0.2, -0.15) is 0 Å². The molecular weight excluding hydrogens is 209 g/mol. The molecule has 0 aliphatic rings. The van der Waals surface area contributed by atoms with Gasteiger partial charge in [-0.25, -0.2) is 9.18 Å². The fraction of sp³-hybridized carbons (Fsp3) is 0.417. The van der Waals surface area contributed by atoms with E-state index in [1.165, 1.54) is 0 Å². The molecule has 2 N–H and O–H groups in total. The number of carboxylic acid groups (broad SMARTS) is 1. The van der Waals surface area contributed by atoms with Crippen molar-refractivity contribution in [2.75, 3.05) is 7.05 Å². The molecule has 0 saturated heterocycles. The van der Waals surface area contributed by atoms with Crippen LogP contribution in [-0.2, 0) is 4.79 Å². The predicted octanol–water partition coefficient (Wildman–Crippen LogP) is 2.77. The normalized spacial score (nSPS) is 14.6. The van der Waals surface area contributed by atoms with Gasteiger partial charge in [-0.3, -0.25) is 0 Å². The second kappa shape index (κ2) is 6.82. The van der Waals surface area contributed by atoms with Crippen LogP contribution >= 0.6 is 0 Å². The molecule has 0 saturated carbocycles.